The van der Waals surface area contributed by atoms with E-state index in [0.29, 0.717) is 18.5 Å². The lowest BCUT2D eigenvalue weighted by Crippen LogP contribution is -2.25. The van der Waals surface area contributed by atoms with Gasteiger partial charge in [-0.1, -0.05) is 30.3 Å². The molecule has 2 N–H and O–H groups in total. The number of para-hydroxylation sites is 2. The van der Waals surface area contributed by atoms with Crippen LogP contribution in [-0.4, -0.2) is 22.4 Å². The van der Waals surface area contributed by atoms with E-state index in [1.165, 1.54) is 0 Å². The summed E-state index contributed by atoms with van der Waals surface area (Å²) in [5.41, 5.74) is 2.66. The number of hydrogen-bond donors (Lipinski definition) is 2. The van der Waals surface area contributed by atoms with Crippen LogP contribution in [0.15, 0.2) is 54.6 Å². The molecule has 0 aliphatic heterocycles. The summed E-state index contributed by atoms with van der Waals surface area (Å²) < 4.78 is 0. The molecular formula is C16H15N3O. The molecule has 4 heteroatoms. The van der Waals surface area contributed by atoms with Gasteiger partial charge in [-0.25, -0.2) is 4.98 Å². The molecular weight excluding hydrogens is 250 g/mol. The molecule has 3 aromatic rings. The molecule has 0 unspecified atom stereocenters. The summed E-state index contributed by atoms with van der Waals surface area (Å²) in [7, 11) is 0. The molecule has 0 radical (unpaired) electrons. The molecule has 0 atom stereocenters. The van der Waals surface area contributed by atoms with Crippen molar-refractivity contribution in [2.75, 3.05) is 6.54 Å². The Morgan fingerprint density at radius 3 is 2.60 bits per heavy atom. The molecule has 0 spiro atoms. The van der Waals surface area contributed by atoms with E-state index in [1.807, 2.05) is 42.5 Å². The smallest absolute Gasteiger partial charge is 0.251 e. The van der Waals surface area contributed by atoms with Crippen molar-refractivity contribution in [3.05, 3.63) is 66.0 Å². The lowest BCUT2D eigenvalue weighted by Gasteiger charge is -2.03. The Hall–Kier alpha value is -2.62. The number of carbonyl (C=O) groups is 1. The Kier molecular flexibility index (Phi) is 3.46. The molecule has 0 saturated carbocycles. The van der Waals surface area contributed by atoms with Crippen LogP contribution in [0, 0.1) is 0 Å². The van der Waals surface area contributed by atoms with Crippen LogP contribution < -0.4 is 5.32 Å². The molecule has 100 valence electrons. The summed E-state index contributed by atoms with van der Waals surface area (Å²) in [4.78, 5) is 19.6. The number of rotatable bonds is 4. The average molecular weight is 265 g/mol. The van der Waals surface area contributed by atoms with Gasteiger partial charge in [0.05, 0.1) is 11.0 Å². The Morgan fingerprint density at radius 2 is 1.80 bits per heavy atom. The number of benzene rings is 2. The van der Waals surface area contributed by atoms with Crippen LogP contribution >= 0.6 is 0 Å². The van der Waals surface area contributed by atoms with Crippen LogP contribution in [0.5, 0.6) is 0 Å². The van der Waals surface area contributed by atoms with Crippen molar-refractivity contribution in [1.82, 2.24) is 15.3 Å². The van der Waals surface area contributed by atoms with Crippen molar-refractivity contribution in [3.63, 3.8) is 0 Å². The number of nitrogens with one attached hydrogen (secondary N) is 2. The molecule has 1 heterocycles. The number of hydrogen-bond acceptors (Lipinski definition) is 2. The molecule has 0 aliphatic rings. The molecule has 4 nitrogen and oxygen atoms in total. The summed E-state index contributed by atoms with van der Waals surface area (Å²) in [6.45, 7) is 0.563. The predicted octanol–water partition coefficient (Wildman–Crippen LogP) is 2.54. The highest BCUT2D eigenvalue weighted by molar-refractivity contribution is 5.94. The van der Waals surface area contributed by atoms with Crippen LogP contribution in [0.1, 0.15) is 16.2 Å². The Bertz CT molecular complexity index is 686. The molecule has 0 saturated heterocycles. The van der Waals surface area contributed by atoms with E-state index in [2.05, 4.69) is 15.3 Å². The van der Waals surface area contributed by atoms with Gasteiger partial charge in [0, 0.05) is 18.5 Å². The van der Waals surface area contributed by atoms with Gasteiger partial charge in [-0.15, -0.1) is 0 Å². The van der Waals surface area contributed by atoms with Gasteiger partial charge in [0.15, 0.2) is 0 Å². The zero-order chi connectivity index (χ0) is 13.8. The zero-order valence-electron chi connectivity index (χ0n) is 11.0. The second-order valence-electron chi connectivity index (χ2n) is 4.57. The fraction of sp³-hybridized carbons (Fsp3) is 0.125. The largest absolute Gasteiger partial charge is 0.352 e. The van der Waals surface area contributed by atoms with Crippen LogP contribution in [0.4, 0.5) is 0 Å². The fourth-order valence-electron chi connectivity index (χ4n) is 2.11. The molecule has 3 rings (SSSR count). The lowest BCUT2D eigenvalue weighted by molar-refractivity contribution is 0.0954. The highest BCUT2D eigenvalue weighted by Crippen LogP contribution is 2.10. The number of nitrogens with zero attached hydrogens (tertiary/aromatic N) is 1. The minimum absolute atomic E-state index is 0.0540. The van der Waals surface area contributed by atoms with E-state index >= 15 is 0 Å². The average Bonchev–Trinajstić information content (AvgIpc) is 2.90. The first-order chi connectivity index (χ1) is 9.83. The first kappa shape index (κ1) is 12.4. The van der Waals surface area contributed by atoms with Gasteiger partial charge >= 0.3 is 0 Å². The van der Waals surface area contributed by atoms with Crippen molar-refractivity contribution < 1.29 is 4.79 Å². The Balaban J connectivity index is 1.58. The molecule has 2 aromatic carbocycles. The summed E-state index contributed by atoms with van der Waals surface area (Å²) in [5.74, 6) is 0.835. The van der Waals surface area contributed by atoms with Crippen molar-refractivity contribution in [3.8, 4) is 0 Å². The summed E-state index contributed by atoms with van der Waals surface area (Å²) in [6.07, 6.45) is 0.688. The predicted molar refractivity (Wildman–Crippen MR) is 78.6 cm³/mol. The van der Waals surface area contributed by atoms with Gasteiger partial charge in [-0.05, 0) is 24.3 Å². The van der Waals surface area contributed by atoms with Crippen LogP contribution in [0.2, 0.25) is 0 Å². The van der Waals surface area contributed by atoms with Crippen molar-refractivity contribution in [2.24, 2.45) is 0 Å². The number of aromatic nitrogens is 2. The fourth-order valence-corrected chi connectivity index (χ4v) is 2.11. The zero-order valence-corrected chi connectivity index (χ0v) is 11.0. The maximum absolute atomic E-state index is 11.9. The number of carbonyl (C=O) groups excluding carboxylic acids is 1. The van der Waals surface area contributed by atoms with Crippen molar-refractivity contribution in [2.45, 2.75) is 6.42 Å². The third-order valence-electron chi connectivity index (χ3n) is 3.12. The number of fused-ring (bicyclic) bond motifs is 1. The Labute approximate surface area is 116 Å². The van der Waals surface area contributed by atoms with E-state index < -0.39 is 0 Å². The second-order valence-corrected chi connectivity index (χ2v) is 4.57. The summed E-state index contributed by atoms with van der Waals surface area (Å²) >= 11 is 0. The summed E-state index contributed by atoms with van der Waals surface area (Å²) in [6, 6.07) is 17.1. The molecule has 0 bridgehead atoms. The van der Waals surface area contributed by atoms with Crippen LogP contribution in [-0.2, 0) is 6.42 Å². The topological polar surface area (TPSA) is 57.8 Å². The number of imidazole rings is 1. The highest BCUT2D eigenvalue weighted by Gasteiger charge is 2.05. The minimum atomic E-state index is -0.0540. The summed E-state index contributed by atoms with van der Waals surface area (Å²) in [5, 5.41) is 2.89. The lowest BCUT2D eigenvalue weighted by atomic mass is 10.2. The van der Waals surface area contributed by atoms with Crippen LogP contribution in [0.3, 0.4) is 0 Å². The normalized spacial score (nSPS) is 10.6. The highest BCUT2D eigenvalue weighted by atomic mass is 16.1. The number of aromatic amines is 1. The van der Waals surface area contributed by atoms with Gasteiger partial charge in [0.2, 0.25) is 0 Å². The van der Waals surface area contributed by atoms with E-state index in [9.17, 15) is 4.79 Å². The van der Waals surface area contributed by atoms with E-state index in [-0.39, 0.29) is 5.91 Å². The molecule has 0 fully saturated rings. The molecule has 20 heavy (non-hydrogen) atoms. The molecule has 0 aliphatic carbocycles. The molecule has 1 aromatic heterocycles. The molecule has 1 amide bonds. The van der Waals surface area contributed by atoms with Gasteiger partial charge in [0.1, 0.15) is 5.82 Å². The van der Waals surface area contributed by atoms with E-state index in [1.54, 1.807) is 12.1 Å². The van der Waals surface area contributed by atoms with Gasteiger partial charge in [0.25, 0.3) is 5.91 Å². The van der Waals surface area contributed by atoms with Gasteiger partial charge in [-0.2, -0.15) is 0 Å². The maximum atomic E-state index is 11.9. The van der Waals surface area contributed by atoms with Crippen LogP contribution in [0.25, 0.3) is 11.0 Å². The van der Waals surface area contributed by atoms with Gasteiger partial charge in [-0.3, -0.25) is 4.79 Å². The van der Waals surface area contributed by atoms with Gasteiger partial charge < -0.3 is 10.3 Å². The number of H-pyrrole nitrogens is 1. The van der Waals surface area contributed by atoms with Crippen molar-refractivity contribution >= 4 is 16.9 Å². The van der Waals surface area contributed by atoms with Crippen molar-refractivity contribution in [1.29, 1.82) is 0 Å². The minimum Gasteiger partial charge on any atom is -0.352 e. The first-order valence-electron chi connectivity index (χ1n) is 6.60. The maximum Gasteiger partial charge on any atom is 0.251 e. The SMILES string of the molecule is O=C(NCCc1nc2ccccc2[nH]1)c1ccccc1. The third kappa shape index (κ3) is 2.69. The monoisotopic (exact) mass is 265 g/mol. The van der Waals surface area contributed by atoms with E-state index in [4.69, 9.17) is 0 Å². The van der Waals surface area contributed by atoms with E-state index in [0.717, 1.165) is 16.9 Å². The third-order valence-corrected chi connectivity index (χ3v) is 3.12. The Morgan fingerprint density at radius 1 is 1.05 bits per heavy atom. The first-order valence-corrected chi connectivity index (χ1v) is 6.60. The second kappa shape index (κ2) is 5.57. The standard InChI is InChI=1S/C16H15N3O/c20-16(12-6-2-1-3-7-12)17-11-10-15-18-13-8-4-5-9-14(13)19-15/h1-9H,10-11H2,(H,17,20)(H,18,19). The quantitative estimate of drug-likeness (QED) is 0.761. The number of amides is 1.